The summed E-state index contributed by atoms with van der Waals surface area (Å²) in [5.41, 5.74) is 0.776. The highest BCUT2D eigenvalue weighted by molar-refractivity contribution is 9.10. The number of nitrogens with one attached hydrogen (secondary N) is 1. The zero-order valence-corrected chi connectivity index (χ0v) is 22.4. The maximum atomic E-state index is 13.8. The molecule has 37 heavy (non-hydrogen) atoms. The summed E-state index contributed by atoms with van der Waals surface area (Å²) >= 11 is 9.59. The second-order valence-electron chi connectivity index (χ2n) is 8.30. The van der Waals surface area contributed by atoms with Crippen molar-refractivity contribution in [3.8, 4) is 5.75 Å². The van der Waals surface area contributed by atoms with Gasteiger partial charge in [0.25, 0.3) is 11.5 Å². The molecule has 0 bridgehead atoms. The summed E-state index contributed by atoms with van der Waals surface area (Å²) in [6.07, 6.45) is 2.20. The van der Waals surface area contributed by atoms with E-state index >= 15 is 0 Å². The Morgan fingerprint density at radius 3 is 2.78 bits per heavy atom. The summed E-state index contributed by atoms with van der Waals surface area (Å²) in [5, 5.41) is 7.75. The van der Waals surface area contributed by atoms with Crippen LogP contribution in [0.4, 0.5) is 10.1 Å². The van der Waals surface area contributed by atoms with E-state index in [2.05, 4.69) is 26.3 Å². The molecule has 0 aliphatic carbocycles. The normalized spacial score (nSPS) is 12.1. The Hall–Kier alpha value is -3.56. The van der Waals surface area contributed by atoms with Gasteiger partial charge in [-0.15, -0.1) is 0 Å². The number of hydrogen-bond donors (Lipinski definition) is 1. The summed E-state index contributed by atoms with van der Waals surface area (Å²) in [5.74, 6) is -0.287. The number of ether oxygens (including phenoxy) is 1. The van der Waals surface area contributed by atoms with Crippen molar-refractivity contribution in [3.05, 3.63) is 97.7 Å². The van der Waals surface area contributed by atoms with Gasteiger partial charge in [-0.2, -0.15) is 9.78 Å². The number of halogens is 3. The van der Waals surface area contributed by atoms with Crippen LogP contribution in [-0.2, 0) is 4.79 Å². The van der Waals surface area contributed by atoms with E-state index in [4.69, 9.17) is 21.3 Å². The predicted molar refractivity (Wildman–Crippen MR) is 147 cm³/mol. The van der Waals surface area contributed by atoms with Crippen molar-refractivity contribution in [2.45, 2.75) is 26.2 Å². The van der Waals surface area contributed by atoms with E-state index < -0.39 is 11.7 Å². The molecule has 0 aliphatic heterocycles. The Morgan fingerprint density at radius 1 is 1.24 bits per heavy atom. The third-order valence-electron chi connectivity index (χ3n) is 5.68. The van der Waals surface area contributed by atoms with Crippen LogP contribution in [0.5, 0.6) is 5.75 Å². The number of carbonyl (C=O) groups is 1. The maximum absolute atomic E-state index is 13.8. The third kappa shape index (κ3) is 6.23. The van der Waals surface area contributed by atoms with Crippen molar-refractivity contribution in [1.29, 1.82) is 0 Å². The minimum atomic E-state index is -0.547. The van der Waals surface area contributed by atoms with Crippen LogP contribution in [0.2, 0.25) is 5.02 Å². The van der Waals surface area contributed by atoms with Crippen LogP contribution < -0.4 is 15.6 Å². The standard InChI is InChI=1S/C27H23BrClFN4O3/c1-3-16(2)26-33-22-10-8-18(28)13-20(22)27(36)34(26)31-14-17-12-19(29)9-11-24(17)37-15-25(35)32-23-7-5-4-6-21(23)30/h4-14,16H,3,15H2,1-2H3,(H,32,35)/t16-/m0/s1. The summed E-state index contributed by atoms with van der Waals surface area (Å²) in [4.78, 5) is 30.4. The number of carbonyl (C=O) groups excluding carboxylic acids is 1. The molecule has 4 aromatic rings. The van der Waals surface area contributed by atoms with E-state index in [0.29, 0.717) is 33.1 Å². The Morgan fingerprint density at radius 2 is 2.03 bits per heavy atom. The van der Waals surface area contributed by atoms with E-state index in [1.165, 1.54) is 29.1 Å². The Bertz CT molecular complexity index is 1560. The topological polar surface area (TPSA) is 85.6 Å². The highest BCUT2D eigenvalue weighted by Gasteiger charge is 2.16. The van der Waals surface area contributed by atoms with Crippen molar-refractivity contribution >= 4 is 56.2 Å². The second-order valence-corrected chi connectivity index (χ2v) is 9.65. The van der Waals surface area contributed by atoms with E-state index in [1.54, 1.807) is 36.4 Å². The van der Waals surface area contributed by atoms with Crippen LogP contribution in [0.1, 0.15) is 37.6 Å². The number of anilines is 1. The van der Waals surface area contributed by atoms with Crippen LogP contribution in [0.25, 0.3) is 10.9 Å². The summed E-state index contributed by atoms with van der Waals surface area (Å²) in [7, 11) is 0. The molecule has 1 heterocycles. The lowest BCUT2D eigenvalue weighted by atomic mass is 10.1. The molecule has 3 aromatic carbocycles. The monoisotopic (exact) mass is 584 g/mol. The molecule has 0 saturated carbocycles. The first kappa shape index (κ1) is 26.5. The molecule has 0 fully saturated rings. The van der Waals surface area contributed by atoms with Gasteiger partial charge in [0.1, 0.15) is 17.4 Å². The number of aromatic nitrogens is 2. The fourth-order valence-corrected chi connectivity index (χ4v) is 4.08. The van der Waals surface area contributed by atoms with Crippen molar-refractivity contribution < 1.29 is 13.9 Å². The molecule has 0 saturated heterocycles. The van der Waals surface area contributed by atoms with E-state index in [9.17, 15) is 14.0 Å². The van der Waals surface area contributed by atoms with Crippen LogP contribution in [0.3, 0.4) is 0 Å². The van der Waals surface area contributed by atoms with E-state index in [0.717, 1.165) is 10.9 Å². The average molecular weight is 586 g/mol. The number of fused-ring (bicyclic) bond motifs is 1. The number of para-hydroxylation sites is 1. The quantitative estimate of drug-likeness (QED) is 0.244. The lowest BCUT2D eigenvalue weighted by Gasteiger charge is -2.14. The molecule has 1 N–H and O–H groups in total. The van der Waals surface area contributed by atoms with Gasteiger partial charge < -0.3 is 10.1 Å². The van der Waals surface area contributed by atoms with Crippen molar-refractivity contribution in [2.24, 2.45) is 5.10 Å². The van der Waals surface area contributed by atoms with Crippen molar-refractivity contribution in [3.63, 3.8) is 0 Å². The molecule has 0 radical (unpaired) electrons. The zero-order chi connectivity index (χ0) is 26.5. The highest BCUT2D eigenvalue weighted by Crippen LogP contribution is 2.23. The largest absolute Gasteiger partial charge is 0.483 e. The van der Waals surface area contributed by atoms with Crippen LogP contribution in [0.15, 0.2) is 75.0 Å². The molecule has 7 nitrogen and oxygen atoms in total. The highest BCUT2D eigenvalue weighted by atomic mass is 79.9. The fourth-order valence-electron chi connectivity index (χ4n) is 3.54. The molecule has 1 atom stereocenters. The first-order valence-corrected chi connectivity index (χ1v) is 12.7. The molecule has 190 valence electrons. The Kier molecular flexibility index (Phi) is 8.35. The molecular formula is C27H23BrClFN4O3. The Labute approximate surface area is 226 Å². The molecule has 0 aliphatic rings. The predicted octanol–water partition coefficient (Wildman–Crippen LogP) is 6.36. The summed E-state index contributed by atoms with van der Waals surface area (Å²) < 4.78 is 21.5. The molecule has 10 heteroatoms. The van der Waals surface area contributed by atoms with Gasteiger partial charge in [-0.25, -0.2) is 9.37 Å². The minimum absolute atomic E-state index is 0.0324. The van der Waals surface area contributed by atoms with Crippen LogP contribution in [0, 0.1) is 5.82 Å². The first-order chi connectivity index (χ1) is 17.8. The number of amides is 1. The second kappa shape index (κ2) is 11.7. The van der Waals surface area contributed by atoms with Gasteiger partial charge in [0.15, 0.2) is 6.61 Å². The van der Waals surface area contributed by atoms with Gasteiger partial charge in [0, 0.05) is 21.0 Å². The third-order valence-corrected chi connectivity index (χ3v) is 6.41. The summed E-state index contributed by atoms with van der Waals surface area (Å²) in [6.45, 7) is 3.60. The Balaban J connectivity index is 1.64. The van der Waals surface area contributed by atoms with Crippen molar-refractivity contribution in [2.75, 3.05) is 11.9 Å². The van der Waals surface area contributed by atoms with Gasteiger partial charge in [0.05, 0.1) is 22.8 Å². The smallest absolute Gasteiger partial charge is 0.282 e. The summed E-state index contributed by atoms with van der Waals surface area (Å²) in [6, 6.07) is 16.0. The zero-order valence-electron chi connectivity index (χ0n) is 20.0. The number of benzene rings is 3. The SMILES string of the molecule is CC[C@H](C)c1nc2ccc(Br)cc2c(=O)n1N=Cc1cc(Cl)ccc1OCC(=O)Nc1ccccc1F. The van der Waals surface area contributed by atoms with Crippen LogP contribution in [-0.4, -0.2) is 28.4 Å². The van der Waals surface area contributed by atoms with Crippen LogP contribution >= 0.6 is 27.5 Å². The lowest BCUT2D eigenvalue weighted by Crippen LogP contribution is -2.24. The first-order valence-electron chi connectivity index (χ1n) is 11.5. The van der Waals surface area contributed by atoms with Gasteiger partial charge in [0.2, 0.25) is 0 Å². The van der Waals surface area contributed by atoms with Crippen molar-refractivity contribution in [1.82, 2.24) is 9.66 Å². The van der Waals surface area contributed by atoms with E-state index in [-0.39, 0.29) is 23.8 Å². The molecule has 4 rings (SSSR count). The molecule has 0 spiro atoms. The lowest BCUT2D eigenvalue weighted by molar-refractivity contribution is -0.118. The van der Waals surface area contributed by atoms with E-state index in [1.807, 2.05) is 19.9 Å². The molecule has 1 aromatic heterocycles. The number of nitrogens with zero attached hydrogens (tertiary/aromatic N) is 3. The van der Waals surface area contributed by atoms with Gasteiger partial charge in [-0.3, -0.25) is 9.59 Å². The van der Waals surface area contributed by atoms with Gasteiger partial charge in [-0.05, 0) is 55.0 Å². The maximum Gasteiger partial charge on any atom is 0.282 e. The molecular weight excluding hydrogens is 563 g/mol. The van der Waals surface area contributed by atoms with Gasteiger partial charge >= 0.3 is 0 Å². The molecule has 1 amide bonds. The fraction of sp³-hybridized carbons (Fsp3) is 0.185. The number of rotatable bonds is 8. The van der Waals surface area contributed by atoms with Gasteiger partial charge in [-0.1, -0.05) is 53.5 Å². The average Bonchev–Trinajstić information content (AvgIpc) is 2.88. The number of hydrogen-bond acceptors (Lipinski definition) is 5. The minimum Gasteiger partial charge on any atom is -0.483 e. The molecule has 0 unspecified atom stereocenters.